The molecule has 2 aromatic carbocycles. The van der Waals surface area contributed by atoms with Crippen LogP contribution in [0.4, 0.5) is 0 Å². The number of aromatic hydroxyl groups is 1. The van der Waals surface area contributed by atoms with Gasteiger partial charge in [-0.05, 0) is 70.7 Å². The van der Waals surface area contributed by atoms with Crippen LogP contribution in [-0.4, -0.2) is 84.3 Å². The summed E-state index contributed by atoms with van der Waals surface area (Å²) in [5.41, 5.74) is 1.93. The molecule has 38 heavy (non-hydrogen) atoms. The third-order valence-corrected chi connectivity index (χ3v) is 7.88. The van der Waals surface area contributed by atoms with Gasteiger partial charge in [0.05, 0.1) is 36.4 Å². The molecule has 3 aliphatic rings. The van der Waals surface area contributed by atoms with E-state index in [4.69, 9.17) is 14.2 Å². The summed E-state index contributed by atoms with van der Waals surface area (Å²) in [7, 11) is 1.43. The first-order chi connectivity index (χ1) is 18.3. The lowest BCUT2D eigenvalue weighted by Gasteiger charge is -2.29. The topological polar surface area (TPSA) is 109 Å². The van der Waals surface area contributed by atoms with Gasteiger partial charge in [0.2, 0.25) is 0 Å². The average molecular weight is 587 g/mol. The molecule has 5 rings (SSSR count). The van der Waals surface area contributed by atoms with Crippen LogP contribution in [0.3, 0.4) is 0 Å². The number of hydrogen-bond acceptors (Lipinski definition) is 8. The number of Topliss-reactive ketones (excluding diaryl/α,β-unsaturated/α-hetero) is 1. The van der Waals surface area contributed by atoms with Crippen molar-refractivity contribution in [2.24, 2.45) is 0 Å². The smallest absolute Gasteiger partial charge is 0.295 e. The van der Waals surface area contributed by atoms with E-state index in [0.29, 0.717) is 48.2 Å². The fourth-order valence-electron chi connectivity index (χ4n) is 5.38. The molecular weight excluding hydrogens is 556 g/mol. The standard InChI is InChI=1S/C28H31BrN2O7/c1-16-12-18-13-17(4-5-21(18)38-16)25(32)23-24(19-14-20(29)26(33)22(15-19)36-2)31(28(35)27(23)34)7-3-6-30-8-10-37-11-9-30/h4-5,13-16,24,32-33H,3,6-12H2,1-2H3/b25-23+/t16-,24+/m1/s1. The van der Waals surface area contributed by atoms with Gasteiger partial charge in [0.1, 0.15) is 17.6 Å². The highest BCUT2D eigenvalue weighted by Crippen LogP contribution is 2.45. The molecule has 3 aliphatic heterocycles. The predicted octanol–water partition coefficient (Wildman–Crippen LogP) is 3.63. The van der Waals surface area contributed by atoms with E-state index in [1.165, 1.54) is 12.0 Å². The number of phenols is 1. The van der Waals surface area contributed by atoms with E-state index in [0.717, 1.165) is 30.9 Å². The number of likely N-dealkylation sites (tertiary alicyclic amines) is 1. The molecule has 202 valence electrons. The van der Waals surface area contributed by atoms with Crippen molar-refractivity contribution in [3.05, 3.63) is 57.1 Å². The number of phenolic OH excluding ortho intramolecular Hbond substituents is 1. The Morgan fingerprint density at radius 1 is 1.16 bits per heavy atom. The lowest BCUT2D eigenvalue weighted by atomic mass is 9.94. The Labute approximate surface area is 229 Å². The number of aliphatic hydroxyl groups excluding tert-OH is 1. The Morgan fingerprint density at radius 2 is 1.92 bits per heavy atom. The van der Waals surface area contributed by atoms with Gasteiger partial charge < -0.3 is 29.3 Å². The molecule has 10 heteroatoms. The molecule has 2 fully saturated rings. The fourth-order valence-corrected chi connectivity index (χ4v) is 5.84. The van der Waals surface area contributed by atoms with Crippen LogP contribution in [-0.2, 0) is 20.7 Å². The quantitative estimate of drug-likeness (QED) is 0.287. The van der Waals surface area contributed by atoms with E-state index >= 15 is 0 Å². The van der Waals surface area contributed by atoms with E-state index in [1.54, 1.807) is 24.3 Å². The summed E-state index contributed by atoms with van der Waals surface area (Å²) < 4.78 is 16.9. The van der Waals surface area contributed by atoms with Crippen LogP contribution in [0.5, 0.6) is 17.2 Å². The maximum absolute atomic E-state index is 13.4. The van der Waals surface area contributed by atoms with Crippen molar-refractivity contribution in [1.29, 1.82) is 0 Å². The van der Waals surface area contributed by atoms with Crippen LogP contribution in [0.2, 0.25) is 0 Å². The molecule has 0 spiro atoms. The number of amides is 1. The molecule has 0 unspecified atom stereocenters. The zero-order chi connectivity index (χ0) is 27.0. The molecule has 0 saturated carbocycles. The van der Waals surface area contributed by atoms with Crippen LogP contribution < -0.4 is 9.47 Å². The molecule has 0 aromatic heterocycles. The number of aliphatic hydroxyl groups is 1. The maximum atomic E-state index is 13.4. The summed E-state index contributed by atoms with van der Waals surface area (Å²) in [6, 6.07) is 7.68. The van der Waals surface area contributed by atoms with Crippen LogP contribution >= 0.6 is 15.9 Å². The molecule has 2 atom stereocenters. The zero-order valence-electron chi connectivity index (χ0n) is 21.4. The van der Waals surface area contributed by atoms with Gasteiger partial charge in [-0.15, -0.1) is 0 Å². The number of benzene rings is 2. The number of halogens is 1. The summed E-state index contributed by atoms with van der Waals surface area (Å²) >= 11 is 3.35. The number of nitrogens with zero attached hydrogens (tertiary/aromatic N) is 2. The first kappa shape index (κ1) is 26.5. The van der Waals surface area contributed by atoms with E-state index in [2.05, 4.69) is 20.8 Å². The Hall–Kier alpha value is -3.08. The second kappa shape index (κ2) is 11.0. The highest BCUT2D eigenvalue weighted by atomic mass is 79.9. The zero-order valence-corrected chi connectivity index (χ0v) is 23.0. The van der Waals surface area contributed by atoms with E-state index in [1.807, 2.05) is 13.0 Å². The van der Waals surface area contributed by atoms with Crippen LogP contribution in [0.15, 0.2) is 40.4 Å². The molecule has 0 radical (unpaired) electrons. The lowest BCUT2D eigenvalue weighted by Crippen LogP contribution is -2.39. The number of carbonyl (C=O) groups excluding carboxylic acids is 2. The molecule has 2 saturated heterocycles. The minimum absolute atomic E-state index is 0.00734. The van der Waals surface area contributed by atoms with Gasteiger partial charge in [0.25, 0.3) is 11.7 Å². The number of morpholine rings is 1. The number of ketones is 1. The molecule has 3 heterocycles. The highest BCUT2D eigenvalue weighted by molar-refractivity contribution is 9.10. The largest absolute Gasteiger partial charge is 0.507 e. The normalized spacial score (nSPS) is 23.0. The van der Waals surface area contributed by atoms with Crippen molar-refractivity contribution in [1.82, 2.24) is 9.80 Å². The average Bonchev–Trinajstić information content (AvgIpc) is 3.41. The summed E-state index contributed by atoms with van der Waals surface area (Å²) in [5, 5.41) is 21.8. The van der Waals surface area contributed by atoms with Gasteiger partial charge in [-0.2, -0.15) is 0 Å². The Morgan fingerprint density at radius 3 is 2.66 bits per heavy atom. The predicted molar refractivity (Wildman–Crippen MR) is 143 cm³/mol. The minimum Gasteiger partial charge on any atom is -0.507 e. The van der Waals surface area contributed by atoms with Crippen molar-refractivity contribution in [2.45, 2.75) is 31.9 Å². The number of carbonyl (C=O) groups is 2. The van der Waals surface area contributed by atoms with Gasteiger partial charge in [-0.3, -0.25) is 14.5 Å². The van der Waals surface area contributed by atoms with Crippen molar-refractivity contribution in [2.75, 3.05) is 46.5 Å². The Bertz CT molecular complexity index is 1290. The Balaban J connectivity index is 1.54. The first-order valence-corrected chi connectivity index (χ1v) is 13.5. The lowest BCUT2D eigenvalue weighted by molar-refractivity contribution is -0.140. The maximum Gasteiger partial charge on any atom is 0.295 e. The van der Waals surface area contributed by atoms with Gasteiger partial charge in [0, 0.05) is 38.2 Å². The van der Waals surface area contributed by atoms with Gasteiger partial charge in [-0.1, -0.05) is 0 Å². The fraction of sp³-hybridized carbons (Fsp3) is 0.429. The Kier molecular flexibility index (Phi) is 7.65. The summed E-state index contributed by atoms with van der Waals surface area (Å²) in [5.74, 6) is -0.798. The summed E-state index contributed by atoms with van der Waals surface area (Å²) in [6.45, 7) is 6.05. The van der Waals surface area contributed by atoms with Crippen molar-refractivity contribution in [3.63, 3.8) is 0 Å². The molecule has 0 bridgehead atoms. The van der Waals surface area contributed by atoms with Crippen LogP contribution in [0.25, 0.3) is 5.76 Å². The van der Waals surface area contributed by atoms with E-state index < -0.39 is 17.7 Å². The minimum atomic E-state index is -0.853. The molecule has 1 amide bonds. The number of hydrogen-bond donors (Lipinski definition) is 2. The molecular formula is C28H31BrN2O7. The van der Waals surface area contributed by atoms with Gasteiger partial charge in [0.15, 0.2) is 11.5 Å². The van der Waals surface area contributed by atoms with Crippen molar-refractivity contribution < 1.29 is 34.0 Å². The molecule has 2 aromatic rings. The van der Waals surface area contributed by atoms with E-state index in [9.17, 15) is 19.8 Å². The van der Waals surface area contributed by atoms with Crippen LogP contribution in [0, 0.1) is 0 Å². The third-order valence-electron chi connectivity index (χ3n) is 7.27. The van der Waals surface area contributed by atoms with Crippen molar-refractivity contribution in [3.8, 4) is 17.2 Å². The van der Waals surface area contributed by atoms with Crippen molar-refractivity contribution >= 4 is 33.4 Å². The summed E-state index contributed by atoms with van der Waals surface area (Å²) in [4.78, 5) is 30.5. The monoisotopic (exact) mass is 586 g/mol. The van der Waals surface area contributed by atoms with Gasteiger partial charge >= 0.3 is 0 Å². The SMILES string of the molecule is COc1cc([C@H]2/C(=C(\O)c3ccc4c(c3)C[C@@H](C)O4)C(=O)C(=O)N2CCCN2CCOCC2)cc(Br)c1O. The number of ether oxygens (including phenoxy) is 3. The highest BCUT2D eigenvalue weighted by Gasteiger charge is 2.46. The third kappa shape index (κ3) is 5.00. The first-order valence-electron chi connectivity index (χ1n) is 12.7. The second-order valence-electron chi connectivity index (χ2n) is 9.81. The second-order valence-corrected chi connectivity index (χ2v) is 10.7. The van der Waals surface area contributed by atoms with Gasteiger partial charge in [-0.25, -0.2) is 0 Å². The number of rotatable bonds is 7. The summed E-state index contributed by atoms with van der Waals surface area (Å²) in [6.07, 6.45) is 1.37. The van der Waals surface area contributed by atoms with E-state index in [-0.39, 0.29) is 28.9 Å². The molecule has 2 N–H and O–H groups in total. The molecule has 9 nitrogen and oxygen atoms in total. The van der Waals surface area contributed by atoms with Crippen LogP contribution in [0.1, 0.15) is 36.1 Å². The molecule has 0 aliphatic carbocycles. The number of fused-ring (bicyclic) bond motifs is 1. The number of methoxy groups -OCH3 is 1.